The Morgan fingerprint density at radius 3 is 2.72 bits per heavy atom. The van der Waals surface area contributed by atoms with Crippen LogP contribution in [0.15, 0.2) is 48.8 Å². The molecule has 2 heterocycles. The van der Waals surface area contributed by atoms with E-state index in [0.717, 1.165) is 22.7 Å². The van der Waals surface area contributed by atoms with Crippen LogP contribution in [0, 0.1) is 6.92 Å². The number of pyridine rings is 1. The van der Waals surface area contributed by atoms with E-state index in [4.69, 9.17) is 4.74 Å². The van der Waals surface area contributed by atoms with E-state index in [1.807, 2.05) is 40.9 Å². The lowest BCUT2D eigenvalue weighted by atomic mass is 10.1. The molecule has 0 radical (unpaired) electrons. The van der Waals surface area contributed by atoms with E-state index in [1.54, 1.807) is 7.11 Å². The van der Waals surface area contributed by atoms with Crippen LogP contribution in [-0.4, -0.2) is 16.5 Å². The maximum absolute atomic E-state index is 5.37. The van der Waals surface area contributed by atoms with E-state index in [2.05, 4.69) is 24.2 Å². The van der Waals surface area contributed by atoms with Gasteiger partial charge in [0.2, 0.25) is 0 Å². The zero-order chi connectivity index (χ0) is 12.5. The Morgan fingerprint density at radius 1 is 1.06 bits per heavy atom. The Labute approximate surface area is 106 Å². The number of hydrogen-bond donors (Lipinski definition) is 0. The first kappa shape index (κ1) is 10.8. The fourth-order valence-corrected chi connectivity index (χ4v) is 2.09. The number of aromatic nitrogens is 2. The van der Waals surface area contributed by atoms with E-state index in [-0.39, 0.29) is 0 Å². The standard InChI is InChI=1S/C15H14N2O/c1-11-7-8-15-16-13(10-17(15)9-11)12-5-3-4-6-14(12)18-2/h3-10H,1-2H3. The Hall–Kier alpha value is -2.29. The number of hydrogen-bond acceptors (Lipinski definition) is 2. The molecule has 0 N–H and O–H groups in total. The molecule has 3 nitrogen and oxygen atoms in total. The van der Waals surface area contributed by atoms with Gasteiger partial charge in [0.05, 0.1) is 12.8 Å². The topological polar surface area (TPSA) is 26.5 Å². The van der Waals surface area contributed by atoms with Gasteiger partial charge >= 0.3 is 0 Å². The smallest absolute Gasteiger partial charge is 0.137 e. The largest absolute Gasteiger partial charge is 0.496 e. The second kappa shape index (κ2) is 4.18. The first-order valence-electron chi connectivity index (χ1n) is 5.86. The number of methoxy groups -OCH3 is 1. The van der Waals surface area contributed by atoms with E-state index < -0.39 is 0 Å². The van der Waals surface area contributed by atoms with Gasteiger partial charge in [-0.15, -0.1) is 0 Å². The van der Waals surface area contributed by atoms with Crippen molar-refractivity contribution in [1.82, 2.24) is 9.38 Å². The number of rotatable bonds is 2. The van der Waals surface area contributed by atoms with Crippen molar-refractivity contribution in [3.05, 3.63) is 54.4 Å². The van der Waals surface area contributed by atoms with Crippen LogP contribution < -0.4 is 4.74 Å². The predicted molar refractivity (Wildman–Crippen MR) is 71.9 cm³/mol. The van der Waals surface area contributed by atoms with Gasteiger partial charge in [0.15, 0.2) is 0 Å². The van der Waals surface area contributed by atoms with Crippen LogP contribution in [0.3, 0.4) is 0 Å². The molecule has 0 saturated carbocycles. The minimum Gasteiger partial charge on any atom is -0.496 e. The van der Waals surface area contributed by atoms with E-state index in [0.29, 0.717) is 0 Å². The monoisotopic (exact) mass is 238 g/mol. The molecule has 1 aromatic carbocycles. The highest BCUT2D eigenvalue weighted by atomic mass is 16.5. The average molecular weight is 238 g/mol. The van der Waals surface area contributed by atoms with Gasteiger partial charge in [-0.2, -0.15) is 0 Å². The fraction of sp³-hybridized carbons (Fsp3) is 0.133. The summed E-state index contributed by atoms with van der Waals surface area (Å²) in [7, 11) is 1.68. The average Bonchev–Trinajstić information content (AvgIpc) is 2.81. The summed E-state index contributed by atoms with van der Waals surface area (Å²) in [6.07, 6.45) is 4.10. The highest BCUT2D eigenvalue weighted by Crippen LogP contribution is 2.28. The molecule has 3 heteroatoms. The van der Waals surface area contributed by atoms with Gasteiger partial charge in [-0.3, -0.25) is 0 Å². The van der Waals surface area contributed by atoms with Crippen molar-refractivity contribution in [3.63, 3.8) is 0 Å². The molecule has 90 valence electrons. The van der Waals surface area contributed by atoms with Crippen molar-refractivity contribution in [2.75, 3.05) is 7.11 Å². The Morgan fingerprint density at radius 2 is 1.89 bits per heavy atom. The number of nitrogens with zero attached hydrogens (tertiary/aromatic N) is 2. The molecule has 0 bridgehead atoms. The van der Waals surface area contributed by atoms with Gasteiger partial charge in [-0.25, -0.2) is 4.98 Å². The molecular weight excluding hydrogens is 224 g/mol. The summed E-state index contributed by atoms with van der Waals surface area (Å²) in [5, 5.41) is 0. The number of fused-ring (bicyclic) bond motifs is 1. The number of ether oxygens (including phenoxy) is 1. The van der Waals surface area contributed by atoms with Gasteiger partial charge in [-0.05, 0) is 30.7 Å². The van der Waals surface area contributed by atoms with Gasteiger partial charge in [0.25, 0.3) is 0 Å². The van der Waals surface area contributed by atoms with E-state index >= 15 is 0 Å². The van der Waals surface area contributed by atoms with Crippen LogP contribution in [-0.2, 0) is 0 Å². The molecule has 0 amide bonds. The minimum absolute atomic E-state index is 0.845. The zero-order valence-electron chi connectivity index (χ0n) is 10.4. The zero-order valence-corrected chi connectivity index (χ0v) is 10.4. The predicted octanol–water partition coefficient (Wildman–Crippen LogP) is 3.32. The molecule has 0 fully saturated rings. The Balaban J connectivity index is 2.19. The van der Waals surface area contributed by atoms with Gasteiger partial charge in [-0.1, -0.05) is 18.2 Å². The lowest BCUT2D eigenvalue weighted by Crippen LogP contribution is -1.86. The van der Waals surface area contributed by atoms with Crippen molar-refractivity contribution >= 4 is 5.65 Å². The fourth-order valence-electron chi connectivity index (χ4n) is 2.09. The minimum atomic E-state index is 0.845. The maximum Gasteiger partial charge on any atom is 0.137 e. The van der Waals surface area contributed by atoms with Gasteiger partial charge in [0.1, 0.15) is 11.4 Å². The molecule has 3 aromatic rings. The first-order valence-corrected chi connectivity index (χ1v) is 5.86. The molecule has 0 aliphatic rings. The highest BCUT2D eigenvalue weighted by molar-refractivity contribution is 5.69. The van der Waals surface area contributed by atoms with Crippen molar-refractivity contribution < 1.29 is 4.74 Å². The second-order valence-electron chi connectivity index (χ2n) is 4.30. The number of para-hydroxylation sites is 1. The number of benzene rings is 1. The van der Waals surface area contributed by atoms with Crippen LogP contribution in [0.1, 0.15) is 5.56 Å². The number of imidazole rings is 1. The normalized spacial score (nSPS) is 10.8. The summed E-state index contributed by atoms with van der Waals surface area (Å²) in [5.41, 5.74) is 4.10. The van der Waals surface area contributed by atoms with Crippen LogP contribution in [0.25, 0.3) is 16.9 Å². The second-order valence-corrected chi connectivity index (χ2v) is 4.30. The summed E-state index contributed by atoms with van der Waals surface area (Å²) < 4.78 is 7.41. The maximum atomic E-state index is 5.37. The van der Waals surface area contributed by atoms with Crippen LogP contribution >= 0.6 is 0 Å². The summed E-state index contributed by atoms with van der Waals surface area (Å²) in [5.74, 6) is 0.845. The molecule has 18 heavy (non-hydrogen) atoms. The summed E-state index contributed by atoms with van der Waals surface area (Å²) >= 11 is 0. The van der Waals surface area contributed by atoms with Gasteiger partial charge < -0.3 is 9.14 Å². The SMILES string of the molecule is COc1ccccc1-c1cn2cc(C)ccc2n1. The molecule has 0 saturated heterocycles. The molecule has 0 spiro atoms. The molecule has 0 unspecified atom stereocenters. The van der Waals surface area contributed by atoms with E-state index in [9.17, 15) is 0 Å². The molecule has 2 aromatic heterocycles. The highest BCUT2D eigenvalue weighted by Gasteiger charge is 2.08. The third-order valence-electron chi connectivity index (χ3n) is 2.98. The third-order valence-corrected chi connectivity index (χ3v) is 2.98. The molecular formula is C15H14N2O. The van der Waals surface area contributed by atoms with Crippen LogP contribution in [0.5, 0.6) is 5.75 Å². The first-order chi connectivity index (χ1) is 8.78. The van der Waals surface area contributed by atoms with E-state index in [1.165, 1.54) is 5.56 Å². The molecule has 0 aliphatic heterocycles. The molecule has 3 rings (SSSR count). The number of aryl methyl sites for hydroxylation is 1. The lowest BCUT2D eigenvalue weighted by Gasteiger charge is -2.04. The van der Waals surface area contributed by atoms with Crippen LogP contribution in [0.2, 0.25) is 0 Å². The molecule has 0 aliphatic carbocycles. The Kier molecular flexibility index (Phi) is 2.52. The van der Waals surface area contributed by atoms with Gasteiger partial charge in [0, 0.05) is 18.0 Å². The van der Waals surface area contributed by atoms with Crippen LogP contribution in [0.4, 0.5) is 0 Å². The molecule has 0 atom stereocenters. The van der Waals surface area contributed by atoms with Crippen molar-refractivity contribution in [1.29, 1.82) is 0 Å². The third kappa shape index (κ3) is 1.74. The summed E-state index contributed by atoms with van der Waals surface area (Å²) in [4.78, 5) is 4.62. The van der Waals surface area contributed by atoms with Crippen molar-refractivity contribution in [2.24, 2.45) is 0 Å². The quantitative estimate of drug-likeness (QED) is 0.684. The summed E-state index contributed by atoms with van der Waals surface area (Å²) in [6, 6.07) is 12.0. The van der Waals surface area contributed by atoms with Crippen molar-refractivity contribution in [2.45, 2.75) is 6.92 Å². The Bertz CT molecular complexity index is 701. The lowest BCUT2D eigenvalue weighted by molar-refractivity contribution is 0.416. The van der Waals surface area contributed by atoms with Crippen molar-refractivity contribution in [3.8, 4) is 17.0 Å². The summed E-state index contributed by atoms with van der Waals surface area (Å²) in [6.45, 7) is 2.07.